The maximum atomic E-state index is 12.1. The summed E-state index contributed by atoms with van der Waals surface area (Å²) in [5, 5.41) is 7.15. The van der Waals surface area contributed by atoms with Crippen molar-refractivity contribution in [3.05, 3.63) is 58.4 Å². The van der Waals surface area contributed by atoms with Crippen LogP contribution >= 0.6 is 22.7 Å². The zero-order chi connectivity index (χ0) is 18.5. The first-order valence-corrected chi connectivity index (χ1v) is 9.86. The summed E-state index contributed by atoms with van der Waals surface area (Å²) in [5.74, 6) is -0.698. The maximum absolute atomic E-state index is 12.1. The predicted octanol–water partition coefficient (Wildman–Crippen LogP) is 4.79. The lowest BCUT2D eigenvalue weighted by Gasteiger charge is -2.13. The molecular weight excluding hydrogens is 368 g/mol. The van der Waals surface area contributed by atoms with Crippen LogP contribution in [-0.4, -0.2) is 23.5 Å². The Kier molecular flexibility index (Phi) is 5.80. The fourth-order valence-corrected chi connectivity index (χ4v) is 3.99. The lowest BCUT2D eigenvalue weighted by Crippen LogP contribution is -2.21. The molecule has 2 heterocycles. The topological polar surface area (TPSA) is 68.3 Å². The van der Waals surface area contributed by atoms with E-state index in [4.69, 9.17) is 4.74 Å². The number of aromatic nitrogens is 1. The van der Waals surface area contributed by atoms with Crippen LogP contribution in [0.25, 0.3) is 9.88 Å². The molecule has 0 bridgehead atoms. The maximum Gasteiger partial charge on any atom is 0.358 e. The molecule has 0 fully saturated rings. The van der Waals surface area contributed by atoms with Crippen molar-refractivity contribution < 1.29 is 14.3 Å². The lowest BCUT2D eigenvalue weighted by atomic mass is 10.0. The molecule has 0 unspecified atom stereocenters. The van der Waals surface area contributed by atoms with Crippen LogP contribution in [0.2, 0.25) is 0 Å². The summed E-state index contributed by atoms with van der Waals surface area (Å²) in [6, 6.07) is 11.5. The number of thiazole rings is 1. The molecule has 134 valence electrons. The molecule has 7 heteroatoms. The number of rotatable bonds is 6. The van der Waals surface area contributed by atoms with Gasteiger partial charge in [-0.05, 0) is 29.0 Å². The van der Waals surface area contributed by atoms with E-state index in [1.165, 1.54) is 11.3 Å². The number of esters is 1. The predicted molar refractivity (Wildman–Crippen MR) is 105 cm³/mol. The van der Waals surface area contributed by atoms with Gasteiger partial charge in [-0.15, -0.1) is 22.7 Å². The summed E-state index contributed by atoms with van der Waals surface area (Å²) in [6.45, 7) is 3.76. The standard InChI is InChI=1S/C19H18N2O3S2/c1-12(2)13-6-3-4-7-14(13)20-17(22)10-24-19(23)15-11-26-18(21-15)16-8-5-9-25-16/h3-9,11-12H,10H2,1-2H3,(H,20,22). The number of carbonyl (C=O) groups is 2. The van der Waals surface area contributed by atoms with Gasteiger partial charge in [0.15, 0.2) is 12.3 Å². The fourth-order valence-electron chi connectivity index (χ4n) is 2.39. The summed E-state index contributed by atoms with van der Waals surface area (Å²) in [6.07, 6.45) is 0. The van der Waals surface area contributed by atoms with Crippen LogP contribution in [0, 0.1) is 0 Å². The Balaban J connectivity index is 1.57. The van der Waals surface area contributed by atoms with Crippen LogP contribution in [-0.2, 0) is 9.53 Å². The molecule has 3 rings (SSSR count). The zero-order valence-electron chi connectivity index (χ0n) is 14.4. The molecule has 1 N–H and O–H groups in total. The number of nitrogens with one attached hydrogen (secondary N) is 1. The van der Waals surface area contributed by atoms with E-state index in [2.05, 4.69) is 24.1 Å². The van der Waals surface area contributed by atoms with Gasteiger partial charge in [0, 0.05) is 11.1 Å². The number of hydrogen-bond acceptors (Lipinski definition) is 6. The minimum atomic E-state index is -0.601. The molecule has 0 spiro atoms. The van der Waals surface area contributed by atoms with Gasteiger partial charge in [0.25, 0.3) is 5.91 Å². The van der Waals surface area contributed by atoms with Crippen molar-refractivity contribution in [1.29, 1.82) is 0 Å². The third-order valence-corrected chi connectivity index (χ3v) is 5.52. The van der Waals surface area contributed by atoms with Crippen LogP contribution in [0.4, 0.5) is 5.69 Å². The monoisotopic (exact) mass is 386 g/mol. The highest BCUT2D eigenvalue weighted by atomic mass is 32.1. The summed E-state index contributed by atoms with van der Waals surface area (Å²) >= 11 is 2.93. The van der Waals surface area contributed by atoms with Gasteiger partial charge in [0.05, 0.1) is 4.88 Å². The van der Waals surface area contributed by atoms with E-state index in [9.17, 15) is 9.59 Å². The quantitative estimate of drug-likeness (QED) is 0.619. The van der Waals surface area contributed by atoms with Gasteiger partial charge >= 0.3 is 5.97 Å². The van der Waals surface area contributed by atoms with Crippen molar-refractivity contribution in [1.82, 2.24) is 4.98 Å². The van der Waals surface area contributed by atoms with Crippen LogP contribution in [0.5, 0.6) is 0 Å². The molecule has 1 amide bonds. The van der Waals surface area contributed by atoms with Crippen LogP contribution in [0.3, 0.4) is 0 Å². The molecule has 2 aromatic heterocycles. The van der Waals surface area contributed by atoms with Gasteiger partial charge in [0.1, 0.15) is 5.01 Å². The number of amides is 1. The van der Waals surface area contributed by atoms with Crippen molar-refractivity contribution in [2.75, 3.05) is 11.9 Å². The smallest absolute Gasteiger partial charge is 0.358 e. The number of anilines is 1. The molecule has 0 aliphatic carbocycles. The number of benzene rings is 1. The molecule has 0 aliphatic heterocycles. The third-order valence-electron chi connectivity index (χ3n) is 3.64. The van der Waals surface area contributed by atoms with Gasteiger partial charge < -0.3 is 10.1 Å². The summed E-state index contributed by atoms with van der Waals surface area (Å²) in [4.78, 5) is 29.5. The first-order valence-electron chi connectivity index (χ1n) is 8.10. The molecule has 26 heavy (non-hydrogen) atoms. The Morgan fingerprint density at radius 3 is 2.69 bits per heavy atom. The average molecular weight is 386 g/mol. The minimum Gasteiger partial charge on any atom is -0.451 e. The second kappa shape index (κ2) is 8.25. The first kappa shape index (κ1) is 18.3. The van der Waals surface area contributed by atoms with E-state index in [0.717, 1.165) is 21.1 Å². The highest BCUT2D eigenvalue weighted by Crippen LogP contribution is 2.28. The number of carbonyl (C=O) groups excluding carboxylic acids is 2. The second-order valence-electron chi connectivity index (χ2n) is 5.88. The van der Waals surface area contributed by atoms with Crippen molar-refractivity contribution in [2.24, 2.45) is 0 Å². The second-order valence-corrected chi connectivity index (χ2v) is 7.69. The summed E-state index contributed by atoms with van der Waals surface area (Å²) in [7, 11) is 0. The Labute approximate surface area is 159 Å². The Bertz CT molecular complexity index is 901. The Hall–Kier alpha value is -2.51. The van der Waals surface area contributed by atoms with Crippen molar-refractivity contribution in [3.8, 4) is 9.88 Å². The Morgan fingerprint density at radius 1 is 1.15 bits per heavy atom. The molecule has 5 nitrogen and oxygen atoms in total. The van der Waals surface area contributed by atoms with E-state index in [-0.39, 0.29) is 24.1 Å². The summed E-state index contributed by atoms with van der Waals surface area (Å²) in [5.41, 5.74) is 1.98. The SMILES string of the molecule is CC(C)c1ccccc1NC(=O)COC(=O)c1csc(-c2cccs2)n1. The van der Waals surface area contributed by atoms with E-state index < -0.39 is 5.97 Å². The fraction of sp³-hybridized carbons (Fsp3) is 0.211. The van der Waals surface area contributed by atoms with Gasteiger partial charge in [-0.1, -0.05) is 38.1 Å². The van der Waals surface area contributed by atoms with E-state index in [1.807, 2.05) is 41.8 Å². The lowest BCUT2D eigenvalue weighted by molar-refractivity contribution is -0.119. The van der Waals surface area contributed by atoms with Gasteiger partial charge in [-0.25, -0.2) is 9.78 Å². The van der Waals surface area contributed by atoms with E-state index in [1.54, 1.807) is 16.7 Å². The zero-order valence-corrected chi connectivity index (χ0v) is 16.0. The highest BCUT2D eigenvalue weighted by Gasteiger charge is 2.16. The number of hydrogen-bond donors (Lipinski definition) is 1. The minimum absolute atomic E-state index is 0.216. The number of thiophene rings is 1. The summed E-state index contributed by atoms with van der Waals surface area (Å²) < 4.78 is 5.09. The van der Waals surface area contributed by atoms with Crippen molar-refractivity contribution >= 4 is 40.2 Å². The van der Waals surface area contributed by atoms with Crippen LogP contribution < -0.4 is 5.32 Å². The van der Waals surface area contributed by atoms with Crippen molar-refractivity contribution in [2.45, 2.75) is 19.8 Å². The molecule has 0 radical (unpaired) electrons. The van der Waals surface area contributed by atoms with Gasteiger partial charge in [-0.3, -0.25) is 4.79 Å². The molecule has 0 saturated carbocycles. The molecule has 0 aliphatic rings. The first-order chi connectivity index (χ1) is 12.5. The van der Waals surface area contributed by atoms with Crippen molar-refractivity contribution in [3.63, 3.8) is 0 Å². The molecule has 0 saturated heterocycles. The number of para-hydroxylation sites is 1. The van der Waals surface area contributed by atoms with Crippen LogP contribution in [0.1, 0.15) is 35.8 Å². The Morgan fingerprint density at radius 2 is 1.96 bits per heavy atom. The molecular formula is C19H18N2O3S2. The molecule has 0 atom stereocenters. The van der Waals surface area contributed by atoms with Gasteiger partial charge in [-0.2, -0.15) is 0 Å². The third kappa shape index (κ3) is 4.36. The molecule has 3 aromatic rings. The van der Waals surface area contributed by atoms with Crippen LogP contribution in [0.15, 0.2) is 47.2 Å². The largest absolute Gasteiger partial charge is 0.451 e. The number of ether oxygens (including phenoxy) is 1. The van der Waals surface area contributed by atoms with Gasteiger partial charge in [0.2, 0.25) is 0 Å². The normalized spacial score (nSPS) is 10.7. The van der Waals surface area contributed by atoms with E-state index in [0.29, 0.717) is 0 Å². The van der Waals surface area contributed by atoms with E-state index >= 15 is 0 Å². The average Bonchev–Trinajstić information content (AvgIpc) is 3.31. The molecule has 1 aromatic carbocycles. The number of nitrogens with zero attached hydrogens (tertiary/aromatic N) is 1. The highest BCUT2D eigenvalue weighted by molar-refractivity contribution is 7.20.